The molecule has 0 spiro atoms. The van der Waals surface area contributed by atoms with Crippen molar-refractivity contribution in [1.29, 1.82) is 0 Å². The molecular weight excluding hydrogens is 299 g/mol. The van der Waals surface area contributed by atoms with Gasteiger partial charge in [-0.2, -0.15) is 9.97 Å². The summed E-state index contributed by atoms with van der Waals surface area (Å²) in [5, 5.41) is 0. The van der Waals surface area contributed by atoms with Gasteiger partial charge in [0.15, 0.2) is 0 Å². The van der Waals surface area contributed by atoms with Crippen LogP contribution in [0.5, 0.6) is 5.88 Å². The van der Waals surface area contributed by atoms with E-state index in [0.29, 0.717) is 28.5 Å². The lowest BCUT2D eigenvalue weighted by molar-refractivity contribution is 0.143. The van der Waals surface area contributed by atoms with E-state index in [0.717, 1.165) is 0 Å². The first-order chi connectivity index (χ1) is 6.65. The molecule has 14 heavy (non-hydrogen) atoms. The van der Waals surface area contributed by atoms with Crippen LogP contribution in [0.3, 0.4) is 0 Å². The molecule has 0 bridgehead atoms. The van der Waals surface area contributed by atoms with Crippen LogP contribution in [-0.2, 0) is 4.74 Å². The maximum absolute atomic E-state index is 5.58. The minimum atomic E-state index is 0.107. The standard InChI is InChI=1S/C7H11IN4O2/c1-13-2-3-14-6-4(8)5(9)11-7(10)12-6/h2-3H2,1H3,(H4,9,10,11,12). The minimum Gasteiger partial charge on any atom is -0.474 e. The summed E-state index contributed by atoms with van der Waals surface area (Å²) in [7, 11) is 1.59. The van der Waals surface area contributed by atoms with Gasteiger partial charge in [0.2, 0.25) is 11.8 Å². The maximum atomic E-state index is 5.58. The van der Waals surface area contributed by atoms with Gasteiger partial charge < -0.3 is 20.9 Å². The Morgan fingerprint density at radius 2 is 2.00 bits per heavy atom. The quantitative estimate of drug-likeness (QED) is 0.612. The number of hydrogen-bond donors (Lipinski definition) is 2. The van der Waals surface area contributed by atoms with Crippen LogP contribution < -0.4 is 16.2 Å². The molecule has 0 saturated heterocycles. The number of nitrogen functional groups attached to an aromatic ring is 2. The molecule has 0 aliphatic carbocycles. The fraction of sp³-hybridized carbons (Fsp3) is 0.429. The molecule has 0 aromatic carbocycles. The molecule has 0 unspecified atom stereocenters. The summed E-state index contributed by atoms with van der Waals surface area (Å²) in [6.07, 6.45) is 0. The van der Waals surface area contributed by atoms with E-state index in [1.807, 2.05) is 22.6 Å². The van der Waals surface area contributed by atoms with E-state index in [-0.39, 0.29) is 5.95 Å². The third kappa shape index (κ3) is 2.84. The number of nitrogens with two attached hydrogens (primary N) is 2. The van der Waals surface area contributed by atoms with Crippen LogP contribution >= 0.6 is 22.6 Å². The molecule has 78 valence electrons. The van der Waals surface area contributed by atoms with E-state index in [1.54, 1.807) is 7.11 Å². The fourth-order valence-corrected chi connectivity index (χ4v) is 1.17. The van der Waals surface area contributed by atoms with Gasteiger partial charge in [-0.3, -0.25) is 0 Å². The van der Waals surface area contributed by atoms with Crippen LogP contribution in [0.4, 0.5) is 11.8 Å². The van der Waals surface area contributed by atoms with Crippen molar-refractivity contribution in [2.75, 3.05) is 31.8 Å². The third-order valence-electron chi connectivity index (χ3n) is 1.39. The fourth-order valence-electron chi connectivity index (χ4n) is 0.777. The number of hydrogen-bond acceptors (Lipinski definition) is 6. The Labute approximate surface area is 95.1 Å². The van der Waals surface area contributed by atoms with Gasteiger partial charge in [-0.25, -0.2) is 0 Å². The van der Waals surface area contributed by atoms with Crippen LogP contribution in [0.25, 0.3) is 0 Å². The van der Waals surface area contributed by atoms with Gasteiger partial charge in [0.05, 0.1) is 6.61 Å². The Morgan fingerprint density at radius 3 is 2.64 bits per heavy atom. The number of methoxy groups -OCH3 is 1. The number of halogens is 1. The zero-order valence-corrected chi connectivity index (χ0v) is 9.82. The molecule has 7 heteroatoms. The summed E-state index contributed by atoms with van der Waals surface area (Å²) in [6, 6.07) is 0. The van der Waals surface area contributed by atoms with Gasteiger partial charge >= 0.3 is 0 Å². The van der Waals surface area contributed by atoms with Crippen LogP contribution in [0.2, 0.25) is 0 Å². The Kier molecular flexibility index (Phi) is 4.14. The molecule has 0 atom stereocenters. The van der Waals surface area contributed by atoms with E-state index >= 15 is 0 Å². The van der Waals surface area contributed by atoms with Crippen LogP contribution in [0, 0.1) is 3.57 Å². The summed E-state index contributed by atoms with van der Waals surface area (Å²) >= 11 is 2.00. The lowest BCUT2D eigenvalue weighted by Gasteiger charge is -2.08. The summed E-state index contributed by atoms with van der Waals surface area (Å²) < 4.78 is 10.8. The second-order valence-corrected chi connectivity index (χ2v) is 3.51. The van der Waals surface area contributed by atoms with Crippen molar-refractivity contribution in [1.82, 2.24) is 9.97 Å². The highest BCUT2D eigenvalue weighted by atomic mass is 127. The molecule has 1 aromatic rings. The van der Waals surface area contributed by atoms with E-state index < -0.39 is 0 Å². The van der Waals surface area contributed by atoms with Crippen molar-refractivity contribution in [3.05, 3.63) is 3.57 Å². The first-order valence-corrected chi connectivity index (χ1v) is 4.93. The SMILES string of the molecule is COCCOc1nc(N)nc(N)c1I. The largest absolute Gasteiger partial charge is 0.474 e. The smallest absolute Gasteiger partial charge is 0.234 e. The maximum Gasteiger partial charge on any atom is 0.234 e. The Hall–Kier alpha value is -0.830. The van der Waals surface area contributed by atoms with Gasteiger partial charge in [0.1, 0.15) is 16.0 Å². The second-order valence-electron chi connectivity index (χ2n) is 2.43. The van der Waals surface area contributed by atoms with Crippen molar-refractivity contribution < 1.29 is 9.47 Å². The molecule has 0 aliphatic heterocycles. The monoisotopic (exact) mass is 310 g/mol. The van der Waals surface area contributed by atoms with Crippen molar-refractivity contribution in [3.63, 3.8) is 0 Å². The van der Waals surface area contributed by atoms with Gasteiger partial charge in [0, 0.05) is 7.11 Å². The summed E-state index contributed by atoms with van der Waals surface area (Å²) in [5.41, 5.74) is 11.0. The molecule has 1 aromatic heterocycles. The number of nitrogens with zero attached hydrogens (tertiary/aromatic N) is 2. The zero-order chi connectivity index (χ0) is 10.6. The molecule has 0 saturated carbocycles. The lowest BCUT2D eigenvalue weighted by atomic mass is 10.5. The van der Waals surface area contributed by atoms with E-state index in [2.05, 4.69) is 9.97 Å². The highest BCUT2D eigenvalue weighted by Gasteiger charge is 2.09. The molecular formula is C7H11IN4O2. The first kappa shape index (κ1) is 11.2. The molecule has 0 amide bonds. The van der Waals surface area contributed by atoms with Crippen LogP contribution in [0.15, 0.2) is 0 Å². The van der Waals surface area contributed by atoms with Gasteiger partial charge in [-0.05, 0) is 22.6 Å². The predicted octanol–water partition coefficient (Wildman–Crippen LogP) is 0.271. The topological polar surface area (TPSA) is 96.3 Å². The van der Waals surface area contributed by atoms with E-state index in [4.69, 9.17) is 20.9 Å². The van der Waals surface area contributed by atoms with Gasteiger partial charge in [0.25, 0.3) is 0 Å². The molecule has 4 N–H and O–H groups in total. The Bertz CT molecular complexity index is 321. The zero-order valence-electron chi connectivity index (χ0n) is 7.66. The predicted molar refractivity (Wildman–Crippen MR) is 60.9 cm³/mol. The van der Waals surface area contributed by atoms with Crippen molar-refractivity contribution in [3.8, 4) is 5.88 Å². The van der Waals surface area contributed by atoms with Crippen LogP contribution in [-0.4, -0.2) is 30.3 Å². The summed E-state index contributed by atoms with van der Waals surface area (Å²) in [6.45, 7) is 0.891. The highest BCUT2D eigenvalue weighted by molar-refractivity contribution is 14.1. The van der Waals surface area contributed by atoms with E-state index in [1.165, 1.54) is 0 Å². The highest BCUT2D eigenvalue weighted by Crippen LogP contribution is 2.23. The average molecular weight is 310 g/mol. The number of anilines is 2. The lowest BCUT2D eigenvalue weighted by Crippen LogP contribution is -2.10. The molecule has 1 heterocycles. The molecule has 1 rings (SSSR count). The Balaban J connectivity index is 2.75. The second kappa shape index (κ2) is 5.15. The van der Waals surface area contributed by atoms with Crippen molar-refractivity contribution in [2.45, 2.75) is 0 Å². The molecule has 0 aliphatic rings. The number of ether oxygens (including phenoxy) is 2. The summed E-state index contributed by atoms with van der Waals surface area (Å²) in [4.78, 5) is 7.69. The van der Waals surface area contributed by atoms with Crippen molar-refractivity contribution in [2.24, 2.45) is 0 Å². The Morgan fingerprint density at radius 1 is 1.29 bits per heavy atom. The molecule has 0 radical (unpaired) electrons. The molecule has 6 nitrogen and oxygen atoms in total. The van der Waals surface area contributed by atoms with E-state index in [9.17, 15) is 0 Å². The minimum absolute atomic E-state index is 0.107. The third-order valence-corrected chi connectivity index (χ3v) is 2.40. The average Bonchev–Trinajstić information content (AvgIpc) is 2.13. The molecule has 0 fully saturated rings. The van der Waals surface area contributed by atoms with Gasteiger partial charge in [-0.1, -0.05) is 0 Å². The number of rotatable bonds is 4. The van der Waals surface area contributed by atoms with Gasteiger partial charge in [-0.15, -0.1) is 0 Å². The summed E-state index contributed by atoms with van der Waals surface area (Å²) in [5.74, 6) is 0.827. The first-order valence-electron chi connectivity index (χ1n) is 3.85. The van der Waals surface area contributed by atoms with Crippen LogP contribution in [0.1, 0.15) is 0 Å². The normalized spacial score (nSPS) is 10.1. The number of aromatic nitrogens is 2. The van der Waals surface area contributed by atoms with Crippen molar-refractivity contribution >= 4 is 34.4 Å².